The normalized spacial score (nSPS) is 16.7. The van der Waals surface area contributed by atoms with Gasteiger partial charge in [-0.3, -0.25) is 5.41 Å². The number of likely N-dealkylation sites (N-methyl/N-ethyl adjacent to an activating group) is 1. The molecule has 1 N–H and O–H groups in total. The number of hydrogen-bond donors (Lipinski definition) is 1. The lowest BCUT2D eigenvalue weighted by Gasteiger charge is -2.33. The van der Waals surface area contributed by atoms with E-state index in [1.54, 1.807) is 13.4 Å². The second-order valence-electron chi connectivity index (χ2n) is 5.59. The molecule has 0 fully saturated rings. The number of benzene rings is 1. The molecule has 1 aliphatic carbocycles. The van der Waals surface area contributed by atoms with Gasteiger partial charge in [-0.15, -0.1) is 0 Å². The van der Waals surface area contributed by atoms with Gasteiger partial charge in [0.25, 0.3) is 6.02 Å². The van der Waals surface area contributed by atoms with Crippen molar-refractivity contribution in [3.63, 3.8) is 0 Å². The Morgan fingerprint density at radius 3 is 2.82 bits per heavy atom. The van der Waals surface area contributed by atoms with Gasteiger partial charge in [0.05, 0.1) is 7.11 Å². The Balaban J connectivity index is 1.89. The molecule has 0 saturated heterocycles. The molecule has 0 bridgehead atoms. The zero-order valence-electron chi connectivity index (χ0n) is 12.9. The van der Waals surface area contributed by atoms with Crippen LogP contribution in [0.1, 0.15) is 17.5 Å². The Kier molecular flexibility index (Phi) is 4.04. The molecule has 3 rings (SSSR count). The number of amidine groups is 1. The second kappa shape index (κ2) is 6.13. The van der Waals surface area contributed by atoms with Crippen molar-refractivity contribution in [1.82, 2.24) is 14.9 Å². The lowest BCUT2D eigenvalue weighted by molar-refractivity contribution is 0.243. The van der Waals surface area contributed by atoms with Gasteiger partial charge in [0, 0.05) is 31.0 Å². The van der Waals surface area contributed by atoms with Crippen LogP contribution in [0.4, 0.5) is 0 Å². The smallest absolute Gasteiger partial charge is 0.284 e. The first kappa shape index (κ1) is 14.5. The van der Waals surface area contributed by atoms with Crippen molar-refractivity contribution in [1.29, 1.82) is 5.41 Å². The van der Waals surface area contributed by atoms with Gasteiger partial charge < -0.3 is 9.64 Å². The van der Waals surface area contributed by atoms with Crippen LogP contribution in [-0.2, 0) is 17.6 Å². The fraction of sp³-hybridized carbons (Fsp3) is 0.353. The third-order valence-corrected chi connectivity index (χ3v) is 4.39. The number of rotatable bonds is 2. The van der Waals surface area contributed by atoms with Crippen LogP contribution in [0.25, 0.3) is 11.1 Å². The van der Waals surface area contributed by atoms with Crippen LogP contribution < -0.4 is 0 Å². The van der Waals surface area contributed by atoms with Gasteiger partial charge in [-0.1, -0.05) is 18.2 Å². The van der Waals surface area contributed by atoms with Crippen LogP contribution in [-0.4, -0.2) is 41.1 Å². The average molecular weight is 296 g/mol. The highest BCUT2D eigenvalue weighted by Crippen LogP contribution is 2.32. The van der Waals surface area contributed by atoms with E-state index < -0.39 is 0 Å². The van der Waals surface area contributed by atoms with Gasteiger partial charge in [-0.05, 0) is 36.0 Å². The van der Waals surface area contributed by atoms with Crippen molar-refractivity contribution in [2.45, 2.75) is 25.3 Å². The van der Waals surface area contributed by atoms with Crippen LogP contribution in [0, 0.1) is 5.41 Å². The molecule has 1 aromatic carbocycles. The molecule has 114 valence electrons. The quantitative estimate of drug-likeness (QED) is 0.683. The molecule has 5 nitrogen and oxygen atoms in total. The summed E-state index contributed by atoms with van der Waals surface area (Å²) in [6.45, 7) is 0. The minimum Gasteiger partial charge on any atom is -0.469 e. The molecule has 1 heterocycles. The van der Waals surface area contributed by atoms with E-state index >= 15 is 0 Å². The molecule has 1 unspecified atom stereocenters. The second-order valence-corrected chi connectivity index (χ2v) is 5.59. The molecular weight excluding hydrogens is 276 g/mol. The minimum atomic E-state index is 0.223. The van der Waals surface area contributed by atoms with Crippen LogP contribution >= 0.6 is 0 Å². The first-order chi connectivity index (χ1) is 10.7. The zero-order valence-corrected chi connectivity index (χ0v) is 12.9. The molecule has 0 spiro atoms. The Hall–Kier alpha value is -2.43. The molecule has 0 amide bonds. The van der Waals surface area contributed by atoms with E-state index in [2.05, 4.69) is 28.2 Å². The predicted molar refractivity (Wildman–Crippen MR) is 85.8 cm³/mol. The number of methoxy groups -OCH3 is 1. The monoisotopic (exact) mass is 296 g/mol. The van der Waals surface area contributed by atoms with E-state index in [-0.39, 0.29) is 6.02 Å². The van der Waals surface area contributed by atoms with Gasteiger partial charge >= 0.3 is 0 Å². The number of nitrogens with zero attached hydrogens (tertiary/aromatic N) is 3. The summed E-state index contributed by atoms with van der Waals surface area (Å²) < 4.78 is 5.04. The van der Waals surface area contributed by atoms with E-state index in [0.717, 1.165) is 24.8 Å². The van der Waals surface area contributed by atoms with Crippen molar-refractivity contribution in [3.05, 3.63) is 48.0 Å². The molecule has 1 aromatic heterocycles. The first-order valence-electron chi connectivity index (χ1n) is 7.42. The maximum Gasteiger partial charge on any atom is 0.284 e. The van der Waals surface area contributed by atoms with Crippen molar-refractivity contribution in [3.8, 4) is 11.1 Å². The molecule has 0 aliphatic heterocycles. The summed E-state index contributed by atoms with van der Waals surface area (Å²) in [5.74, 6) is 0. The number of aromatic nitrogens is 2. The van der Waals surface area contributed by atoms with Crippen LogP contribution in [0.15, 0.2) is 36.9 Å². The Labute approximate surface area is 130 Å². The summed E-state index contributed by atoms with van der Waals surface area (Å²) in [6.07, 6.45) is 8.22. The van der Waals surface area contributed by atoms with E-state index in [1.165, 1.54) is 16.7 Å². The standard InChI is InChI=1S/C17H20N4O/c1-21(17(18)22-2)14-6-7-16-12(8-14)4-3-5-15(16)13-9-19-11-20-10-13/h3-5,9-11,14,18H,6-8H2,1-2H3. The van der Waals surface area contributed by atoms with E-state index in [4.69, 9.17) is 10.1 Å². The Morgan fingerprint density at radius 1 is 1.32 bits per heavy atom. The first-order valence-corrected chi connectivity index (χ1v) is 7.42. The van der Waals surface area contributed by atoms with E-state index in [0.29, 0.717) is 6.04 Å². The van der Waals surface area contributed by atoms with Gasteiger partial charge in [-0.25, -0.2) is 9.97 Å². The maximum absolute atomic E-state index is 7.83. The van der Waals surface area contributed by atoms with Crippen molar-refractivity contribution in [2.75, 3.05) is 14.2 Å². The highest BCUT2D eigenvalue weighted by molar-refractivity contribution is 5.71. The fourth-order valence-corrected chi connectivity index (χ4v) is 3.14. The summed E-state index contributed by atoms with van der Waals surface area (Å²) >= 11 is 0. The SMILES string of the molecule is COC(=N)N(C)C1CCc2c(cccc2-c2cncnc2)C1. The van der Waals surface area contributed by atoms with Gasteiger partial charge in [-0.2, -0.15) is 0 Å². The van der Waals surface area contributed by atoms with Crippen LogP contribution in [0.2, 0.25) is 0 Å². The Bertz CT molecular complexity index is 672. The lowest BCUT2D eigenvalue weighted by Crippen LogP contribution is -2.41. The number of nitrogens with one attached hydrogen (secondary N) is 1. The van der Waals surface area contributed by atoms with Crippen molar-refractivity contribution < 1.29 is 4.74 Å². The van der Waals surface area contributed by atoms with Gasteiger partial charge in [0.1, 0.15) is 6.33 Å². The molecule has 2 aromatic rings. The summed E-state index contributed by atoms with van der Waals surface area (Å²) in [4.78, 5) is 10.2. The summed E-state index contributed by atoms with van der Waals surface area (Å²) in [7, 11) is 3.47. The van der Waals surface area contributed by atoms with Crippen LogP contribution in [0.5, 0.6) is 0 Å². The van der Waals surface area contributed by atoms with Crippen LogP contribution in [0.3, 0.4) is 0 Å². The van der Waals surface area contributed by atoms with Crippen molar-refractivity contribution >= 4 is 6.02 Å². The molecule has 1 atom stereocenters. The van der Waals surface area contributed by atoms with E-state index in [1.807, 2.05) is 24.3 Å². The Morgan fingerprint density at radius 2 is 2.09 bits per heavy atom. The predicted octanol–water partition coefficient (Wildman–Crippen LogP) is 2.51. The molecule has 22 heavy (non-hydrogen) atoms. The third-order valence-electron chi connectivity index (χ3n) is 4.39. The molecule has 1 aliphatic rings. The molecule has 0 saturated carbocycles. The number of fused-ring (bicyclic) bond motifs is 1. The average Bonchev–Trinajstić information content (AvgIpc) is 2.60. The third kappa shape index (κ3) is 2.66. The number of hydrogen-bond acceptors (Lipinski definition) is 4. The van der Waals surface area contributed by atoms with E-state index in [9.17, 15) is 0 Å². The van der Waals surface area contributed by atoms with Gasteiger partial charge in [0.2, 0.25) is 0 Å². The largest absolute Gasteiger partial charge is 0.469 e. The zero-order chi connectivity index (χ0) is 15.5. The van der Waals surface area contributed by atoms with Crippen molar-refractivity contribution in [2.24, 2.45) is 0 Å². The minimum absolute atomic E-state index is 0.223. The highest BCUT2D eigenvalue weighted by atomic mass is 16.5. The maximum atomic E-state index is 7.83. The molecule has 5 heteroatoms. The topological polar surface area (TPSA) is 62.1 Å². The summed E-state index contributed by atoms with van der Waals surface area (Å²) in [5.41, 5.74) is 5.01. The summed E-state index contributed by atoms with van der Waals surface area (Å²) in [5, 5.41) is 7.83. The summed E-state index contributed by atoms with van der Waals surface area (Å²) in [6, 6.07) is 6.94. The lowest BCUT2D eigenvalue weighted by atomic mass is 9.83. The van der Waals surface area contributed by atoms with Gasteiger partial charge in [0.15, 0.2) is 0 Å². The fourth-order valence-electron chi connectivity index (χ4n) is 3.14. The molecular formula is C17H20N4O. The highest BCUT2D eigenvalue weighted by Gasteiger charge is 2.25. The molecule has 0 radical (unpaired) electrons. The number of ether oxygens (including phenoxy) is 1.